The Morgan fingerprint density at radius 2 is 2.08 bits per heavy atom. The van der Waals surface area contributed by atoms with E-state index in [2.05, 4.69) is 16.0 Å². The van der Waals surface area contributed by atoms with Gasteiger partial charge >= 0.3 is 0 Å². The SMILES string of the molecule is COc1cccc(OC[C@H]2[C@@H]3CC[C@@H](C3)N2Cc2cccnc2)c1. The molecule has 1 saturated carbocycles. The topological polar surface area (TPSA) is 34.6 Å². The zero-order valence-electron chi connectivity index (χ0n) is 14.1. The number of pyridine rings is 1. The second kappa shape index (κ2) is 6.81. The number of hydrogen-bond donors (Lipinski definition) is 0. The van der Waals surface area contributed by atoms with Gasteiger partial charge < -0.3 is 9.47 Å². The summed E-state index contributed by atoms with van der Waals surface area (Å²) in [7, 11) is 1.69. The van der Waals surface area contributed by atoms with Crippen LogP contribution < -0.4 is 9.47 Å². The van der Waals surface area contributed by atoms with Crippen molar-refractivity contribution >= 4 is 0 Å². The van der Waals surface area contributed by atoms with Crippen molar-refractivity contribution in [1.29, 1.82) is 0 Å². The van der Waals surface area contributed by atoms with Gasteiger partial charge in [-0.25, -0.2) is 0 Å². The monoisotopic (exact) mass is 324 g/mol. The highest BCUT2D eigenvalue weighted by atomic mass is 16.5. The lowest BCUT2D eigenvalue weighted by atomic mass is 9.99. The molecule has 2 fully saturated rings. The smallest absolute Gasteiger partial charge is 0.123 e. The molecule has 4 rings (SSSR count). The van der Waals surface area contributed by atoms with Crippen LogP contribution in [0.3, 0.4) is 0 Å². The van der Waals surface area contributed by atoms with Crippen LogP contribution in [0.2, 0.25) is 0 Å². The molecule has 0 spiro atoms. The van der Waals surface area contributed by atoms with Gasteiger partial charge in [-0.1, -0.05) is 12.1 Å². The number of aromatic nitrogens is 1. The standard InChI is InChI=1S/C20H24N2O2/c1-23-18-5-2-6-19(11-18)24-14-20-16-7-8-17(10-16)22(20)13-15-4-3-9-21-12-15/h2-6,9,11-12,16-17,20H,7-8,10,13-14H2,1H3/t16-,17+,20+/m1/s1. The van der Waals surface area contributed by atoms with Gasteiger partial charge in [-0.05, 0) is 48.9 Å². The highest BCUT2D eigenvalue weighted by Gasteiger charge is 2.45. The lowest BCUT2D eigenvalue weighted by molar-refractivity contribution is 0.0866. The molecule has 1 aromatic carbocycles. The third-order valence-electron chi connectivity index (χ3n) is 5.43. The molecular formula is C20H24N2O2. The third-order valence-corrected chi connectivity index (χ3v) is 5.43. The van der Waals surface area contributed by atoms with Crippen LogP contribution in [0.25, 0.3) is 0 Å². The van der Waals surface area contributed by atoms with Crippen molar-refractivity contribution in [3.63, 3.8) is 0 Å². The molecule has 2 bridgehead atoms. The van der Waals surface area contributed by atoms with E-state index in [4.69, 9.17) is 9.47 Å². The number of likely N-dealkylation sites (tertiary alicyclic amines) is 1. The molecule has 4 nitrogen and oxygen atoms in total. The van der Waals surface area contributed by atoms with E-state index in [1.807, 2.05) is 42.7 Å². The molecule has 2 aliphatic rings. The zero-order chi connectivity index (χ0) is 16.4. The predicted octanol–water partition coefficient (Wildman–Crippen LogP) is 3.52. The first kappa shape index (κ1) is 15.5. The normalized spacial score (nSPS) is 25.8. The van der Waals surface area contributed by atoms with Crippen LogP contribution >= 0.6 is 0 Å². The van der Waals surface area contributed by atoms with Crippen LogP contribution in [-0.4, -0.2) is 35.7 Å². The van der Waals surface area contributed by atoms with Crippen LogP contribution in [0.4, 0.5) is 0 Å². The Hall–Kier alpha value is -2.07. The molecule has 24 heavy (non-hydrogen) atoms. The van der Waals surface area contributed by atoms with Crippen molar-refractivity contribution in [2.75, 3.05) is 13.7 Å². The molecule has 0 N–H and O–H groups in total. The van der Waals surface area contributed by atoms with Gasteiger partial charge in [0.1, 0.15) is 18.1 Å². The number of hydrogen-bond acceptors (Lipinski definition) is 4. The molecule has 2 aromatic rings. The minimum absolute atomic E-state index is 0.496. The lowest BCUT2D eigenvalue weighted by Crippen LogP contribution is -2.43. The van der Waals surface area contributed by atoms with E-state index in [0.717, 1.165) is 30.6 Å². The minimum atomic E-state index is 0.496. The molecule has 2 heterocycles. The number of benzene rings is 1. The molecule has 3 atom stereocenters. The van der Waals surface area contributed by atoms with Gasteiger partial charge in [0.15, 0.2) is 0 Å². The van der Waals surface area contributed by atoms with Gasteiger partial charge in [0.25, 0.3) is 0 Å². The van der Waals surface area contributed by atoms with Gasteiger partial charge in [0, 0.05) is 37.1 Å². The average Bonchev–Trinajstić information content (AvgIpc) is 3.23. The van der Waals surface area contributed by atoms with Crippen molar-refractivity contribution < 1.29 is 9.47 Å². The maximum Gasteiger partial charge on any atom is 0.123 e. The molecule has 1 saturated heterocycles. The van der Waals surface area contributed by atoms with E-state index in [9.17, 15) is 0 Å². The Balaban J connectivity index is 1.44. The molecule has 1 aliphatic heterocycles. The van der Waals surface area contributed by atoms with Crippen molar-refractivity contribution in [1.82, 2.24) is 9.88 Å². The number of methoxy groups -OCH3 is 1. The summed E-state index contributed by atoms with van der Waals surface area (Å²) in [5, 5.41) is 0. The molecular weight excluding hydrogens is 300 g/mol. The number of piperidine rings is 1. The summed E-state index contributed by atoms with van der Waals surface area (Å²) in [4.78, 5) is 6.89. The number of rotatable bonds is 6. The van der Waals surface area contributed by atoms with Gasteiger partial charge in [-0.2, -0.15) is 0 Å². The molecule has 0 radical (unpaired) electrons. The lowest BCUT2D eigenvalue weighted by Gasteiger charge is -2.35. The molecule has 1 aliphatic carbocycles. The van der Waals surface area contributed by atoms with Crippen LogP contribution in [0.15, 0.2) is 48.8 Å². The van der Waals surface area contributed by atoms with Crippen molar-refractivity contribution in [2.24, 2.45) is 5.92 Å². The number of ether oxygens (including phenoxy) is 2. The van der Waals surface area contributed by atoms with E-state index in [0.29, 0.717) is 12.1 Å². The number of fused-ring (bicyclic) bond motifs is 2. The number of nitrogens with zero attached hydrogens (tertiary/aromatic N) is 2. The highest BCUT2D eigenvalue weighted by Crippen LogP contribution is 2.43. The van der Waals surface area contributed by atoms with Crippen LogP contribution in [-0.2, 0) is 6.54 Å². The first-order chi connectivity index (χ1) is 11.8. The van der Waals surface area contributed by atoms with Gasteiger partial charge in [0.2, 0.25) is 0 Å². The summed E-state index contributed by atoms with van der Waals surface area (Å²) >= 11 is 0. The second-order valence-corrected chi connectivity index (χ2v) is 6.82. The molecule has 0 amide bonds. The van der Waals surface area contributed by atoms with Gasteiger partial charge in [-0.3, -0.25) is 9.88 Å². The summed E-state index contributed by atoms with van der Waals surface area (Å²) in [6.07, 6.45) is 7.78. The fourth-order valence-corrected chi connectivity index (χ4v) is 4.24. The fourth-order valence-electron chi connectivity index (χ4n) is 4.24. The van der Waals surface area contributed by atoms with E-state index in [1.165, 1.54) is 24.8 Å². The summed E-state index contributed by atoms with van der Waals surface area (Å²) in [5.41, 5.74) is 1.29. The predicted molar refractivity (Wildman–Crippen MR) is 93.2 cm³/mol. The molecule has 1 aromatic heterocycles. The van der Waals surface area contributed by atoms with E-state index >= 15 is 0 Å². The Bertz CT molecular complexity index is 676. The van der Waals surface area contributed by atoms with Crippen LogP contribution in [0, 0.1) is 5.92 Å². The average molecular weight is 324 g/mol. The van der Waals surface area contributed by atoms with E-state index in [1.54, 1.807) is 7.11 Å². The minimum Gasteiger partial charge on any atom is -0.497 e. The second-order valence-electron chi connectivity index (χ2n) is 6.82. The van der Waals surface area contributed by atoms with Crippen molar-refractivity contribution in [3.05, 3.63) is 54.4 Å². The first-order valence-corrected chi connectivity index (χ1v) is 8.75. The Morgan fingerprint density at radius 1 is 1.17 bits per heavy atom. The van der Waals surface area contributed by atoms with Gasteiger partial charge in [-0.15, -0.1) is 0 Å². The Morgan fingerprint density at radius 3 is 2.92 bits per heavy atom. The molecule has 0 unspecified atom stereocenters. The summed E-state index contributed by atoms with van der Waals surface area (Å²) in [5.74, 6) is 2.49. The summed E-state index contributed by atoms with van der Waals surface area (Å²) in [6, 6.07) is 13.3. The van der Waals surface area contributed by atoms with E-state index in [-0.39, 0.29) is 0 Å². The fraction of sp³-hybridized carbons (Fsp3) is 0.450. The highest BCUT2D eigenvalue weighted by molar-refractivity contribution is 5.32. The van der Waals surface area contributed by atoms with Crippen molar-refractivity contribution in [2.45, 2.75) is 37.9 Å². The van der Waals surface area contributed by atoms with Crippen LogP contribution in [0.1, 0.15) is 24.8 Å². The van der Waals surface area contributed by atoms with Crippen molar-refractivity contribution in [3.8, 4) is 11.5 Å². The van der Waals surface area contributed by atoms with Gasteiger partial charge in [0.05, 0.1) is 7.11 Å². The molecule has 4 heteroatoms. The Kier molecular flexibility index (Phi) is 4.39. The van der Waals surface area contributed by atoms with E-state index < -0.39 is 0 Å². The summed E-state index contributed by atoms with van der Waals surface area (Å²) < 4.78 is 11.4. The third kappa shape index (κ3) is 3.11. The zero-order valence-corrected chi connectivity index (χ0v) is 14.1. The maximum atomic E-state index is 6.12. The quantitative estimate of drug-likeness (QED) is 0.814. The molecule has 126 valence electrons. The maximum absolute atomic E-state index is 6.12. The Labute approximate surface area is 143 Å². The summed E-state index contributed by atoms with van der Waals surface area (Å²) in [6.45, 7) is 1.72. The first-order valence-electron chi connectivity index (χ1n) is 8.75. The van der Waals surface area contributed by atoms with Crippen LogP contribution in [0.5, 0.6) is 11.5 Å². The largest absolute Gasteiger partial charge is 0.497 e.